The SMILES string of the molecule is CN(C)CCc1ccc(C#N)cn1. The Kier molecular flexibility index (Phi) is 3.41. The number of nitrogens with zero attached hydrogens (tertiary/aromatic N) is 3. The Labute approximate surface area is 78.6 Å². The maximum absolute atomic E-state index is 8.55. The third kappa shape index (κ3) is 3.22. The Morgan fingerprint density at radius 1 is 1.46 bits per heavy atom. The largest absolute Gasteiger partial charge is 0.309 e. The fourth-order valence-corrected chi connectivity index (χ4v) is 0.977. The molecule has 0 amide bonds. The predicted octanol–water partition coefficient (Wildman–Crippen LogP) is 1.06. The molecule has 0 radical (unpaired) electrons. The molecule has 1 aromatic rings. The molecular formula is C10H13N3. The van der Waals surface area contributed by atoms with Crippen molar-refractivity contribution in [2.75, 3.05) is 20.6 Å². The smallest absolute Gasteiger partial charge is 0.101 e. The van der Waals surface area contributed by atoms with Gasteiger partial charge in [-0.15, -0.1) is 0 Å². The minimum Gasteiger partial charge on any atom is -0.309 e. The summed E-state index contributed by atoms with van der Waals surface area (Å²) in [6.45, 7) is 0.985. The average molecular weight is 175 g/mol. The molecule has 0 aromatic carbocycles. The molecule has 0 atom stereocenters. The summed E-state index contributed by atoms with van der Waals surface area (Å²) >= 11 is 0. The Morgan fingerprint density at radius 2 is 2.23 bits per heavy atom. The first kappa shape index (κ1) is 9.69. The third-order valence-corrected chi connectivity index (χ3v) is 1.77. The van der Waals surface area contributed by atoms with Crippen LogP contribution in [0.2, 0.25) is 0 Å². The molecule has 68 valence electrons. The van der Waals surface area contributed by atoms with Crippen molar-refractivity contribution >= 4 is 0 Å². The van der Waals surface area contributed by atoms with E-state index in [2.05, 4.69) is 9.88 Å². The standard InChI is InChI=1S/C10H13N3/c1-13(2)6-5-10-4-3-9(7-11)8-12-10/h3-4,8H,5-6H2,1-2H3. The van der Waals surface area contributed by atoms with Crippen molar-refractivity contribution in [2.24, 2.45) is 0 Å². The van der Waals surface area contributed by atoms with Crippen LogP contribution in [0.15, 0.2) is 18.3 Å². The molecule has 13 heavy (non-hydrogen) atoms. The highest BCUT2D eigenvalue weighted by atomic mass is 15.0. The normalized spacial score (nSPS) is 10.0. The fraction of sp³-hybridized carbons (Fsp3) is 0.400. The number of aromatic nitrogens is 1. The second kappa shape index (κ2) is 4.58. The molecule has 1 heterocycles. The molecule has 0 spiro atoms. The van der Waals surface area contributed by atoms with Gasteiger partial charge in [-0.1, -0.05) is 0 Å². The highest BCUT2D eigenvalue weighted by Gasteiger charge is 1.96. The van der Waals surface area contributed by atoms with Crippen LogP contribution in [0, 0.1) is 11.3 Å². The summed E-state index contributed by atoms with van der Waals surface area (Å²) in [6, 6.07) is 5.75. The van der Waals surface area contributed by atoms with Crippen molar-refractivity contribution in [3.8, 4) is 6.07 Å². The number of pyridine rings is 1. The van der Waals surface area contributed by atoms with Crippen molar-refractivity contribution < 1.29 is 0 Å². The minimum atomic E-state index is 0.619. The molecule has 0 bridgehead atoms. The number of nitriles is 1. The van der Waals surface area contributed by atoms with E-state index in [1.807, 2.05) is 26.2 Å². The Balaban J connectivity index is 2.55. The summed E-state index contributed by atoms with van der Waals surface area (Å²) in [7, 11) is 4.06. The van der Waals surface area contributed by atoms with E-state index in [0.717, 1.165) is 18.7 Å². The summed E-state index contributed by atoms with van der Waals surface area (Å²) in [5.74, 6) is 0. The minimum absolute atomic E-state index is 0.619. The first-order chi connectivity index (χ1) is 6.22. The van der Waals surface area contributed by atoms with Crippen molar-refractivity contribution in [1.29, 1.82) is 5.26 Å². The second-order valence-corrected chi connectivity index (χ2v) is 3.20. The quantitative estimate of drug-likeness (QED) is 0.689. The summed E-state index contributed by atoms with van der Waals surface area (Å²) in [4.78, 5) is 6.28. The van der Waals surface area contributed by atoms with Crippen LogP contribution in [-0.2, 0) is 6.42 Å². The maximum atomic E-state index is 8.55. The van der Waals surface area contributed by atoms with E-state index in [-0.39, 0.29) is 0 Å². The van der Waals surface area contributed by atoms with Crippen molar-refractivity contribution in [2.45, 2.75) is 6.42 Å². The number of hydrogen-bond donors (Lipinski definition) is 0. The topological polar surface area (TPSA) is 39.9 Å². The fourth-order valence-electron chi connectivity index (χ4n) is 0.977. The molecule has 0 fully saturated rings. The molecular weight excluding hydrogens is 162 g/mol. The van der Waals surface area contributed by atoms with Gasteiger partial charge in [-0.25, -0.2) is 0 Å². The highest BCUT2D eigenvalue weighted by molar-refractivity contribution is 5.26. The van der Waals surface area contributed by atoms with Gasteiger partial charge in [0.2, 0.25) is 0 Å². The summed E-state index contributed by atoms with van der Waals surface area (Å²) in [5, 5.41) is 8.55. The van der Waals surface area contributed by atoms with Gasteiger partial charge in [-0.05, 0) is 26.2 Å². The van der Waals surface area contributed by atoms with Crippen LogP contribution >= 0.6 is 0 Å². The van der Waals surface area contributed by atoms with Crippen LogP contribution in [-0.4, -0.2) is 30.5 Å². The van der Waals surface area contributed by atoms with Gasteiger partial charge in [0.25, 0.3) is 0 Å². The number of likely N-dealkylation sites (N-methyl/N-ethyl adjacent to an activating group) is 1. The van der Waals surface area contributed by atoms with Gasteiger partial charge in [0, 0.05) is 24.9 Å². The third-order valence-electron chi connectivity index (χ3n) is 1.77. The van der Waals surface area contributed by atoms with Crippen LogP contribution in [0.25, 0.3) is 0 Å². The summed E-state index contributed by atoms with van der Waals surface area (Å²) in [6.07, 6.45) is 2.55. The average Bonchev–Trinajstić information content (AvgIpc) is 2.15. The van der Waals surface area contributed by atoms with Gasteiger partial charge in [-0.2, -0.15) is 5.26 Å². The van der Waals surface area contributed by atoms with E-state index in [1.54, 1.807) is 12.3 Å². The molecule has 0 aliphatic rings. The summed E-state index contributed by atoms with van der Waals surface area (Å²) in [5.41, 5.74) is 1.65. The molecule has 3 nitrogen and oxygen atoms in total. The van der Waals surface area contributed by atoms with E-state index in [0.29, 0.717) is 5.56 Å². The van der Waals surface area contributed by atoms with Crippen LogP contribution in [0.3, 0.4) is 0 Å². The zero-order valence-electron chi connectivity index (χ0n) is 7.99. The van der Waals surface area contributed by atoms with E-state index in [4.69, 9.17) is 5.26 Å². The van der Waals surface area contributed by atoms with E-state index >= 15 is 0 Å². The molecule has 3 heteroatoms. The van der Waals surface area contributed by atoms with Crippen LogP contribution in [0.4, 0.5) is 0 Å². The van der Waals surface area contributed by atoms with E-state index < -0.39 is 0 Å². The lowest BCUT2D eigenvalue weighted by atomic mass is 10.2. The predicted molar refractivity (Wildman–Crippen MR) is 51.2 cm³/mol. The lowest BCUT2D eigenvalue weighted by molar-refractivity contribution is 0.412. The van der Waals surface area contributed by atoms with Crippen molar-refractivity contribution in [3.05, 3.63) is 29.6 Å². The van der Waals surface area contributed by atoms with Gasteiger partial charge < -0.3 is 4.90 Å². The first-order valence-corrected chi connectivity index (χ1v) is 4.22. The lowest BCUT2D eigenvalue weighted by Gasteiger charge is -2.07. The van der Waals surface area contributed by atoms with Gasteiger partial charge in [0.05, 0.1) is 5.56 Å². The molecule has 1 rings (SSSR count). The second-order valence-electron chi connectivity index (χ2n) is 3.20. The molecule has 0 N–H and O–H groups in total. The van der Waals surface area contributed by atoms with Gasteiger partial charge in [0.15, 0.2) is 0 Å². The molecule has 0 saturated heterocycles. The number of hydrogen-bond acceptors (Lipinski definition) is 3. The van der Waals surface area contributed by atoms with Crippen LogP contribution in [0.1, 0.15) is 11.3 Å². The monoisotopic (exact) mass is 175 g/mol. The Hall–Kier alpha value is -1.40. The van der Waals surface area contributed by atoms with Crippen molar-refractivity contribution in [1.82, 2.24) is 9.88 Å². The zero-order valence-corrected chi connectivity index (χ0v) is 7.99. The molecule has 0 aliphatic carbocycles. The maximum Gasteiger partial charge on any atom is 0.101 e. The zero-order chi connectivity index (χ0) is 9.68. The Bertz CT molecular complexity index is 295. The molecule has 0 unspecified atom stereocenters. The first-order valence-electron chi connectivity index (χ1n) is 4.22. The highest BCUT2D eigenvalue weighted by Crippen LogP contribution is 1.99. The molecule has 0 aliphatic heterocycles. The van der Waals surface area contributed by atoms with Gasteiger partial charge in [-0.3, -0.25) is 4.98 Å². The summed E-state index contributed by atoms with van der Waals surface area (Å²) < 4.78 is 0. The van der Waals surface area contributed by atoms with E-state index in [9.17, 15) is 0 Å². The van der Waals surface area contributed by atoms with E-state index in [1.165, 1.54) is 0 Å². The Morgan fingerprint density at radius 3 is 2.69 bits per heavy atom. The number of rotatable bonds is 3. The molecule has 0 saturated carbocycles. The van der Waals surface area contributed by atoms with Crippen LogP contribution in [0.5, 0.6) is 0 Å². The van der Waals surface area contributed by atoms with Gasteiger partial charge in [0.1, 0.15) is 6.07 Å². The van der Waals surface area contributed by atoms with Crippen molar-refractivity contribution in [3.63, 3.8) is 0 Å². The van der Waals surface area contributed by atoms with Crippen LogP contribution < -0.4 is 0 Å². The molecule has 1 aromatic heterocycles. The lowest BCUT2D eigenvalue weighted by Crippen LogP contribution is -2.15. The van der Waals surface area contributed by atoms with Gasteiger partial charge >= 0.3 is 0 Å².